The van der Waals surface area contributed by atoms with Crippen LogP contribution in [0.15, 0.2) is 36.4 Å². The third-order valence-electron chi connectivity index (χ3n) is 3.93. The van der Waals surface area contributed by atoms with Crippen LogP contribution in [0.5, 0.6) is 28.7 Å². The Morgan fingerprint density at radius 1 is 1.00 bits per heavy atom. The lowest BCUT2D eigenvalue weighted by Crippen LogP contribution is -2.35. The molecule has 0 fully saturated rings. The molecule has 0 saturated carbocycles. The van der Waals surface area contributed by atoms with Crippen molar-refractivity contribution >= 4 is 5.91 Å². The third kappa shape index (κ3) is 3.26. The first-order valence-electron chi connectivity index (χ1n) is 7.91. The number of fused-ring (bicyclic) bond motifs is 2. The van der Waals surface area contributed by atoms with Crippen molar-refractivity contribution in [2.45, 2.75) is 19.6 Å². The summed E-state index contributed by atoms with van der Waals surface area (Å²) in [5.41, 5.74) is 0.924. The maximum absolute atomic E-state index is 12.2. The third-order valence-corrected chi connectivity index (χ3v) is 3.93. The summed E-state index contributed by atoms with van der Waals surface area (Å²) in [4.78, 5) is 12.2. The van der Waals surface area contributed by atoms with Crippen molar-refractivity contribution in [2.24, 2.45) is 0 Å². The van der Waals surface area contributed by atoms with E-state index in [0.717, 1.165) is 11.3 Å². The molecule has 7 nitrogen and oxygen atoms in total. The van der Waals surface area contributed by atoms with Crippen molar-refractivity contribution in [1.29, 1.82) is 0 Å². The van der Waals surface area contributed by atoms with E-state index in [0.29, 0.717) is 29.5 Å². The van der Waals surface area contributed by atoms with E-state index in [-0.39, 0.29) is 19.5 Å². The van der Waals surface area contributed by atoms with Gasteiger partial charge in [-0.3, -0.25) is 4.79 Å². The van der Waals surface area contributed by atoms with Gasteiger partial charge in [0.2, 0.25) is 13.6 Å². The van der Waals surface area contributed by atoms with E-state index in [1.54, 1.807) is 25.1 Å². The molecule has 1 atom stereocenters. The number of rotatable bonds is 5. The number of benzene rings is 2. The molecule has 0 spiro atoms. The number of hydrogen-bond acceptors (Lipinski definition) is 6. The number of nitrogens with one attached hydrogen (secondary N) is 1. The summed E-state index contributed by atoms with van der Waals surface area (Å²) in [5.74, 6) is 3.04. The molecule has 0 radical (unpaired) electrons. The molecule has 1 amide bonds. The molecule has 0 aliphatic carbocycles. The normalized spacial score (nSPS) is 14.9. The topological polar surface area (TPSA) is 75.3 Å². The second-order valence-electron chi connectivity index (χ2n) is 5.68. The van der Waals surface area contributed by atoms with Crippen LogP contribution in [0, 0.1) is 0 Å². The first-order valence-corrected chi connectivity index (χ1v) is 7.91. The minimum atomic E-state index is -0.644. The monoisotopic (exact) mass is 343 g/mol. The summed E-state index contributed by atoms with van der Waals surface area (Å²) < 4.78 is 26.8. The molecule has 0 saturated heterocycles. The standard InChI is InChI=1S/C18H17NO6/c1-11(25-13-3-5-15-17(7-13)24-10-22-15)18(20)19-8-12-2-4-14-16(6-12)23-9-21-14/h2-7,11H,8-10H2,1H3,(H,19,20). The van der Waals surface area contributed by atoms with Crippen molar-refractivity contribution in [3.05, 3.63) is 42.0 Å². The Kier molecular flexibility index (Phi) is 3.97. The molecule has 25 heavy (non-hydrogen) atoms. The van der Waals surface area contributed by atoms with Gasteiger partial charge in [0.1, 0.15) is 5.75 Å². The van der Waals surface area contributed by atoms with Gasteiger partial charge in [0.15, 0.2) is 29.1 Å². The van der Waals surface area contributed by atoms with Crippen LogP contribution in [0.25, 0.3) is 0 Å². The number of carbonyl (C=O) groups excluding carboxylic acids is 1. The molecular weight excluding hydrogens is 326 g/mol. The molecule has 0 bridgehead atoms. The zero-order valence-electron chi connectivity index (χ0n) is 13.6. The molecule has 2 aliphatic heterocycles. The lowest BCUT2D eigenvalue weighted by Gasteiger charge is -2.15. The van der Waals surface area contributed by atoms with Crippen molar-refractivity contribution < 1.29 is 28.5 Å². The van der Waals surface area contributed by atoms with Gasteiger partial charge in [-0.05, 0) is 36.8 Å². The van der Waals surface area contributed by atoms with Crippen LogP contribution in [0.4, 0.5) is 0 Å². The molecule has 4 rings (SSSR count). The second-order valence-corrected chi connectivity index (χ2v) is 5.68. The number of amides is 1. The average molecular weight is 343 g/mol. The Bertz CT molecular complexity index is 806. The van der Waals surface area contributed by atoms with Crippen molar-refractivity contribution in [3.8, 4) is 28.7 Å². The van der Waals surface area contributed by atoms with Crippen LogP contribution >= 0.6 is 0 Å². The van der Waals surface area contributed by atoms with Gasteiger partial charge in [-0.25, -0.2) is 0 Å². The summed E-state index contributed by atoms with van der Waals surface area (Å²) in [6.45, 7) is 2.50. The zero-order chi connectivity index (χ0) is 17.2. The van der Waals surface area contributed by atoms with Crippen LogP contribution in [0.1, 0.15) is 12.5 Å². The van der Waals surface area contributed by atoms with E-state index in [1.165, 1.54) is 0 Å². The fraction of sp³-hybridized carbons (Fsp3) is 0.278. The Hall–Kier alpha value is -3.09. The van der Waals surface area contributed by atoms with Gasteiger partial charge in [-0.2, -0.15) is 0 Å². The van der Waals surface area contributed by atoms with Crippen LogP contribution in [-0.4, -0.2) is 25.6 Å². The second kappa shape index (κ2) is 6.43. The van der Waals surface area contributed by atoms with Gasteiger partial charge in [0, 0.05) is 12.6 Å². The highest BCUT2D eigenvalue weighted by Crippen LogP contribution is 2.35. The lowest BCUT2D eigenvalue weighted by molar-refractivity contribution is -0.127. The van der Waals surface area contributed by atoms with Gasteiger partial charge in [-0.15, -0.1) is 0 Å². The Labute approximate surface area is 144 Å². The van der Waals surface area contributed by atoms with Gasteiger partial charge >= 0.3 is 0 Å². The van der Waals surface area contributed by atoms with Crippen molar-refractivity contribution in [1.82, 2.24) is 5.32 Å². The molecule has 2 heterocycles. The highest BCUT2D eigenvalue weighted by Gasteiger charge is 2.19. The molecule has 0 aromatic heterocycles. The van der Waals surface area contributed by atoms with Gasteiger partial charge < -0.3 is 29.0 Å². The van der Waals surface area contributed by atoms with Crippen LogP contribution in [-0.2, 0) is 11.3 Å². The summed E-state index contributed by atoms with van der Waals surface area (Å²) in [6, 6.07) is 10.8. The smallest absolute Gasteiger partial charge is 0.261 e. The number of ether oxygens (including phenoxy) is 5. The quantitative estimate of drug-likeness (QED) is 0.897. The van der Waals surface area contributed by atoms with Crippen LogP contribution in [0.3, 0.4) is 0 Å². The van der Waals surface area contributed by atoms with Crippen molar-refractivity contribution in [3.63, 3.8) is 0 Å². The predicted octanol–water partition coefficient (Wildman–Crippen LogP) is 2.23. The van der Waals surface area contributed by atoms with E-state index in [4.69, 9.17) is 23.7 Å². The minimum absolute atomic E-state index is 0.199. The highest BCUT2D eigenvalue weighted by atomic mass is 16.7. The zero-order valence-corrected chi connectivity index (χ0v) is 13.6. The van der Waals surface area contributed by atoms with E-state index in [9.17, 15) is 4.79 Å². The molecule has 2 aromatic rings. The Balaban J connectivity index is 1.33. The number of carbonyl (C=O) groups is 1. The van der Waals surface area contributed by atoms with Crippen LogP contribution in [0.2, 0.25) is 0 Å². The SMILES string of the molecule is CC(Oc1ccc2c(c1)OCO2)C(=O)NCc1ccc2c(c1)OCO2. The molecule has 2 aromatic carbocycles. The fourth-order valence-corrected chi connectivity index (χ4v) is 2.59. The fourth-order valence-electron chi connectivity index (χ4n) is 2.59. The van der Waals surface area contributed by atoms with Crippen molar-refractivity contribution in [2.75, 3.05) is 13.6 Å². The highest BCUT2D eigenvalue weighted by molar-refractivity contribution is 5.80. The maximum atomic E-state index is 12.2. The largest absolute Gasteiger partial charge is 0.481 e. The van der Waals surface area contributed by atoms with Gasteiger partial charge in [-0.1, -0.05) is 6.07 Å². The van der Waals surface area contributed by atoms with E-state index >= 15 is 0 Å². The molecule has 1 unspecified atom stereocenters. The minimum Gasteiger partial charge on any atom is -0.481 e. The summed E-state index contributed by atoms with van der Waals surface area (Å²) in [5, 5.41) is 2.85. The Morgan fingerprint density at radius 3 is 2.40 bits per heavy atom. The summed E-state index contributed by atoms with van der Waals surface area (Å²) in [7, 11) is 0. The first-order chi connectivity index (χ1) is 12.2. The molecular formula is C18H17NO6. The van der Waals surface area contributed by atoms with E-state index in [2.05, 4.69) is 5.32 Å². The average Bonchev–Trinajstić information content (AvgIpc) is 3.27. The first kappa shape index (κ1) is 15.4. The predicted molar refractivity (Wildman–Crippen MR) is 87.1 cm³/mol. The Morgan fingerprint density at radius 2 is 1.64 bits per heavy atom. The molecule has 2 aliphatic rings. The van der Waals surface area contributed by atoms with E-state index < -0.39 is 6.10 Å². The lowest BCUT2D eigenvalue weighted by atomic mass is 10.2. The van der Waals surface area contributed by atoms with E-state index in [1.807, 2.05) is 18.2 Å². The maximum Gasteiger partial charge on any atom is 0.261 e. The molecule has 7 heteroatoms. The van der Waals surface area contributed by atoms with Gasteiger partial charge in [0.25, 0.3) is 5.91 Å². The summed E-state index contributed by atoms with van der Waals surface area (Å²) in [6.07, 6.45) is -0.644. The molecule has 1 N–H and O–H groups in total. The molecule has 130 valence electrons. The van der Waals surface area contributed by atoms with Crippen LogP contribution < -0.4 is 29.0 Å². The van der Waals surface area contributed by atoms with Gasteiger partial charge in [0.05, 0.1) is 0 Å². The summed E-state index contributed by atoms with van der Waals surface area (Å²) >= 11 is 0. The number of hydrogen-bond donors (Lipinski definition) is 1.